The van der Waals surface area contributed by atoms with Gasteiger partial charge in [0.1, 0.15) is 10.8 Å². The molecule has 1 aromatic heterocycles. The van der Waals surface area contributed by atoms with Crippen molar-refractivity contribution in [1.82, 2.24) is 4.98 Å². The molecule has 0 aliphatic heterocycles. The predicted octanol–water partition coefficient (Wildman–Crippen LogP) is 3.16. The molecule has 0 aliphatic carbocycles. The van der Waals surface area contributed by atoms with Crippen LogP contribution in [0.25, 0.3) is 0 Å². The summed E-state index contributed by atoms with van der Waals surface area (Å²) >= 11 is 5.63. The van der Waals surface area contributed by atoms with Gasteiger partial charge in [-0.1, -0.05) is 11.6 Å². The molecule has 0 saturated heterocycles. The first-order chi connectivity index (χ1) is 7.47. The number of hydrogen-bond donors (Lipinski definition) is 0. The smallest absolute Gasteiger partial charge is 0.341 e. The fourth-order valence-corrected chi connectivity index (χ4v) is 1.40. The van der Waals surface area contributed by atoms with Gasteiger partial charge in [0, 0.05) is 0 Å². The molecule has 1 rings (SSSR count). The van der Waals surface area contributed by atoms with Crippen molar-refractivity contribution in [3.63, 3.8) is 0 Å². The monoisotopic (exact) mass is 249 g/mol. The van der Waals surface area contributed by atoms with Gasteiger partial charge in [-0.3, -0.25) is 0 Å². The number of hydrogen-bond acceptors (Lipinski definition) is 3. The van der Waals surface area contributed by atoms with Crippen LogP contribution in [0.3, 0.4) is 0 Å². The van der Waals surface area contributed by atoms with Gasteiger partial charge in [-0.15, -0.1) is 0 Å². The van der Waals surface area contributed by atoms with Crippen molar-refractivity contribution in [3.8, 4) is 0 Å². The van der Waals surface area contributed by atoms with Crippen molar-refractivity contribution in [1.29, 1.82) is 0 Å². The van der Waals surface area contributed by atoms with Gasteiger partial charge in [0.2, 0.25) is 0 Å². The number of esters is 1. The van der Waals surface area contributed by atoms with Crippen molar-refractivity contribution in [2.24, 2.45) is 0 Å². The van der Waals surface area contributed by atoms with Gasteiger partial charge in [-0.25, -0.2) is 18.6 Å². The highest BCUT2D eigenvalue weighted by Gasteiger charge is 2.19. The first-order valence-corrected chi connectivity index (χ1v) is 4.97. The summed E-state index contributed by atoms with van der Waals surface area (Å²) in [4.78, 5) is 14.9. The number of aromatic nitrogens is 1. The summed E-state index contributed by atoms with van der Waals surface area (Å²) in [6, 6.07) is 1.26. The molecule has 0 N–H and O–H groups in total. The number of carbonyl (C=O) groups is 1. The molecule has 0 bridgehead atoms. The van der Waals surface area contributed by atoms with E-state index in [-0.39, 0.29) is 22.9 Å². The number of halogens is 3. The molecule has 0 unspecified atom stereocenters. The lowest BCUT2D eigenvalue weighted by atomic mass is 10.1. The van der Waals surface area contributed by atoms with Crippen LogP contribution in [0.5, 0.6) is 0 Å². The van der Waals surface area contributed by atoms with E-state index in [1.54, 1.807) is 6.92 Å². The zero-order chi connectivity index (χ0) is 12.3. The Kier molecular flexibility index (Phi) is 4.18. The molecule has 16 heavy (non-hydrogen) atoms. The second-order valence-corrected chi connectivity index (χ2v) is 3.41. The SMILES string of the molecule is CCOC(=O)c1cc(C)c(C(F)F)nc1Cl. The van der Waals surface area contributed by atoms with E-state index < -0.39 is 18.1 Å². The Labute approximate surface area is 96.4 Å². The Morgan fingerprint density at radius 3 is 2.75 bits per heavy atom. The normalized spacial score (nSPS) is 10.6. The fourth-order valence-electron chi connectivity index (χ4n) is 1.18. The Morgan fingerprint density at radius 1 is 1.62 bits per heavy atom. The molecule has 0 fully saturated rings. The van der Waals surface area contributed by atoms with Crippen LogP contribution in [0.2, 0.25) is 5.15 Å². The van der Waals surface area contributed by atoms with Gasteiger partial charge in [0.15, 0.2) is 0 Å². The van der Waals surface area contributed by atoms with Gasteiger partial charge >= 0.3 is 5.97 Å². The molecular weight excluding hydrogens is 240 g/mol. The fraction of sp³-hybridized carbons (Fsp3) is 0.400. The number of nitrogens with zero attached hydrogens (tertiary/aromatic N) is 1. The Balaban J connectivity index is 3.15. The minimum atomic E-state index is -2.71. The van der Waals surface area contributed by atoms with Crippen LogP contribution in [0.1, 0.15) is 35.0 Å². The highest BCUT2D eigenvalue weighted by atomic mass is 35.5. The molecule has 1 heterocycles. The summed E-state index contributed by atoms with van der Waals surface area (Å²) in [5, 5.41) is -0.264. The summed E-state index contributed by atoms with van der Waals surface area (Å²) in [5.41, 5.74) is -0.203. The zero-order valence-corrected chi connectivity index (χ0v) is 9.52. The minimum absolute atomic E-state index is 0.00502. The van der Waals surface area contributed by atoms with Crippen LogP contribution in [-0.4, -0.2) is 17.6 Å². The largest absolute Gasteiger partial charge is 0.462 e. The van der Waals surface area contributed by atoms with E-state index in [1.807, 2.05) is 0 Å². The van der Waals surface area contributed by atoms with E-state index in [9.17, 15) is 13.6 Å². The summed E-state index contributed by atoms with van der Waals surface area (Å²) < 4.78 is 29.6. The molecule has 0 spiro atoms. The summed E-state index contributed by atoms with van der Waals surface area (Å²) in [7, 11) is 0. The van der Waals surface area contributed by atoms with Crippen LogP contribution in [0.15, 0.2) is 6.07 Å². The summed E-state index contributed by atoms with van der Waals surface area (Å²) in [5.74, 6) is -0.663. The maximum absolute atomic E-state index is 12.5. The Hall–Kier alpha value is -1.23. The van der Waals surface area contributed by atoms with E-state index in [0.29, 0.717) is 0 Å². The quantitative estimate of drug-likeness (QED) is 0.610. The molecule has 0 atom stereocenters. The van der Waals surface area contributed by atoms with E-state index >= 15 is 0 Å². The number of ether oxygens (including phenoxy) is 1. The van der Waals surface area contributed by atoms with Crippen molar-refractivity contribution >= 4 is 17.6 Å². The molecule has 0 aliphatic rings. The summed E-state index contributed by atoms with van der Waals surface area (Å²) in [6.45, 7) is 3.26. The van der Waals surface area contributed by atoms with Gasteiger partial charge in [0.05, 0.1) is 12.2 Å². The molecule has 88 valence electrons. The average Bonchev–Trinajstić information content (AvgIpc) is 2.20. The Morgan fingerprint density at radius 2 is 2.25 bits per heavy atom. The first kappa shape index (κ1) is 12.8. The highest BCUT2D eigenvalue weighted by molar-refractivity contribution is 6.32. The number of aryl methyl sites for hydroxylation is 1. The van der Waals surface area contributed by atoms with Gasteiger partial charge in [-0.2, -0.15) is 0 Å². The lowest BCUT2D eigenvalue weighted by Gasteiger charge is -2.08. The second-order valence-electron chi connectivity index (χ2n) is 3.05. The predicted molar refractivity (Wildman–Crippen MR) is 54.9 cm³/mol. The van der Waals surface area contributed by atoms with Gasteiger partial charge < -0.3 is 4.74 Å². The van der Waals surface area contributed by atoms with Crippen molar-refractivity contribution in [2.75, 3.05) is 6.61 Å². The van der Waals surface area contributed by atoms with Gasteiger partial charge in [0.25, 0.3) is 6.43 Å². The Bertz CT molecular complexity index is 410. The molecule has 3 nitrogen and oxygen atoms in total. The molecule has 1 aromatic rings. The highest BCUT2D eigenvalue weighted by Crippen LogP contribution is 2.25. The number of rotatable bonds is 3. The molecule has 0 radical (unpaired) electrons. The number of carbonyl (C=O) groups excluding carboxylic acids is 1. The average molecular weight is 250 g/mol. The molecular formula is C10H10ClF2NO2. The first-order valence-electron chi connectivity index (χ1n) is 4.59. The van der Waals surface area contributed by atoms with Gasteiger partial charge in [-0.05, 0) is 25.5 Å². The third-order valence-electron chi connectivity index (χ3n) is 1.91. The topological polar surface area (TPSA) is 39.2 Å². The van der Waals surface area contributed by atoms with E-state index in [1.165, 1.54) is 13.0 Å². The van der Waals surface area contributed by atoms with Crippen LogP contribution < -0.4 is 0 Å². The lowest BCUT2D eigenvalue weighted by Crippen LogP contribution is -2.08. The lowest BCUT2D eigenvalue weighted by molar-refractivity contribution is 0.0525. The molecule has 0 saturated carbocycles. The maximum Gasteiger partial charge on any atom is 0.341 e. The zero-order valence-electron chi connectivity index (χ0n) is 8.76. The van der Waals surface area contributed by atoms with Crippen molar-refractivity contribution in [3.05, 3.63) is 28.0 Å². The van der Waals surface area contributed by atoms with Crippen LogP contribution in [-0.2, 0) is 4.74 Å². The second kappa shape index (κ2) is 5.21. The van der Waals surface area contributed by atoms with E-state index in [4.69, 9.17) is 16.3 Å². The third-order valence-corrected chi connectivity index (χ3v) is 2.20. The maximum atomic E-state index is 12.5. The summed E-state index contributed by atoms with van der Waals surface area (Å²) in [6.07, 6.45) is -2.71. The minimum Gasteiger partial charge on any atom is -0.462 e. The number of alkyl halides is 2. The van der Waals surface area contributed by atoms with E-state index in [2.05, 4.69) is 4.98 Å². The van der Waals surface area contributed by atoms with Crippen molar-refractivity contribution < 1.29 is 18.3 Å². The molecule has 0 amide bonds. The van der Waals surface area contributed by atoms with Crippen LogP contribution in [0.4, 0.5) is 8.78 Å². The van der Waals surface area contributed by atoms with Crippen LogP contribution >= 0.6 is 11.6 Å². The van der Waals surface area contributed by atoms with Crippen LogP contribution in [0, 0.1) is 6.92 Å². The standard InChI is InChI=1S/C10H10ClF2NO2/c1-3-16-10(15)6-4-5(2)7(9(12)13)14-8(6)11/h4,9H,3H2,1-2H3. The molecule has 6 heteroatoms. The molecule has 0 aromatic carbocycles. The van der Waals surface area contributed by atoms with Crippen molar-refractivity contribution in [2.45, 2.75) is 20.3 Å². The third kappa shape index (κ3) is 2.66. The van der Waals surface area contributed by atoms with E-state index in [0.717, 1.165) is 0 Å². The number of pyridine rings is 1.